The fraction of sp³-hybridized carbons (Fsp3) is 0.923. The molecule has 0 aliphatic heterocycles. The second-order valence-electron chi connectivity index (χ2n) is 5.96. The maximum Gasteiger partial charge on any atom is 0.303 e. The van der Waals surface area contributed by atoms with E-state index in [1.165, 1.54) is 6.42 Å². The van der Waals surface area contributed by atoms with Crippen molar-refractivity contribution in [2.75, 3.05) is 13.6 Å². The largest absolute Gasteiger partial charge is 0.481 e. The Balaban J connectivity index is 2.38. The lowest BCUT2D eigenvalue weighted by molar-refractivity contribution is -0.138. The third-order valence-electron chi connectivity index (χ3n) is 3.63. The van der Waals surface area contributed by atoms with Crippen LogP contribution in [0.3, 0.4) is 0 Å². The van der Waals surface area contributed by atoms with Crippen molar-refractivity contribution >= 4 is 5.97 Å². The molecule has 1 aliphatic rings. The minimum absolute atomic E-state index is 0.0891. The van der Waals surface area contributed by atoms with Gasteiger partial charge in [-0.25, -0.2) is 0 Å². The smallest absolute Gasteiger partial charge is 0.303 e. The molecule has 94 valence electrons. The lowest BCUT2D eigenvalue weighted by atomic mass is 9.99. The number of hydrogen-bond donors (Lipinski definition) is 1. The van der Waals surface area contributed by atoms with Crippen LogP contribution in [0.15, 0.2) is 0 Å². The van der Waals surface area contributed by atoms with Crippen LogP contribution in [0, 0.1) is 11.3 Å². The van der Waals surface area contributed by atoms with Crippen LogP contribution in [0.4, 0.5) is 0 Å². The second kappa shape index (κ2) is 5.17. The zero-order valence-electron chi connectivity index (χ0n) is 11.0. The summed E-state index contributed by atoms with van der Waals surface area (Å²) in [5.74, 6) is 0.0505. The van der Waals surface area contributed by atoms with Crippen molar-refractivity contribution in [3.63, 3.8) is 0 Å². The molecule has 1 rings (SSSR count). The summed E-state index contributed by atoms with van der Waals surface area (Å²) in [5, 5.41) is 8.87. The molecule has 1 N–H and O–H groups in total. The molecule has 0 aromatic carbocycles. The van der Waals surface area contributed by atoms with Gasteiger partial charge in [-0.2, -0.15) is 0 Å². The molecule has 1 atom stereocenters. The zero-order valence-corrected chi connectivity index (χ0v) is 11.0. The van der Waals surface area contributed by atoms with E-state index in [1.54, 1.807) is 0 Å². The van der Waals surface area contributed by atoms with Crippen molar-refractivity contribution in [3.8, 4) is 0 Å². The predicted octanol–water partition coefficient (Wildman–Crippen LogP) is 2.61. The Kier molecular flexibility index (Phi) is 4.36. The van der Waals surface area contributed by atoms with Gasteiger partial charge in [-0.1, -0.05) is 13.8 Å². The minimum Gasteiger partial charge on any atom is -0.481 e. The molecule has 0 heterocycles. The molecule has 3 heteroatoms. The molecule has 3 nitrogen and oxygen atoms in total. The van der Waals surface area contributed by atoms with Gasteiger partial charge in [-0.15, -0.1) is 0 Å². The standard InChI is InChI=1S/C13H25NO2/c1-10(2)7-11(3)14(4)9-13(5-6-13)8-12(15)16/h10-11H,5-9H2,1-4H3,(H,15,16). The lowest BCUT2D eigenvalue weighted by Crippen LogP contribution is -2.36. The van der Waals surface area contributed by atoms with E-state index in [-0.39, 0.29) is 5.41 Å². The van der Waals surface area contributed by atoms with Gasteiger partial charge in [-0.05, 0) is 44.6 Å². The van der Waals surface area contributed by atoms with Crippen molar-refractivity contribution in [1.82, 2.24) is 4.90 Å². The fourth-order valence-electron chi connectivity index (χ4n) is 2.44. The van der Waals surface area contributed by atoms with E-state index >= 15 is 0 Å². The molecule has 1 fully saturated rings. The lowest BCUT2D eigenvalue weighted by Gasteiger charge is -2.29. The van der Waals surface area contributed by atoms with Crippen LogP contribution in [0.25, 0.3) is 0 Å². The molecule has 0 radical (unpaired) electrons. The number of carboxylic acids is 1. The molecule has 0 aromatic heterocycles. The highest BCUT2D eigenvalue weighted by Gasteiger charge is 2.45. The molecular weight excluding hydrogens is 202 g/mol. The third-order valence-corrected chi connectivity index (χ3v) is 3.63. The highest BCUT2D eigenvalue weighted by Crippen LogP contribution is 2.49. The van der Waals surface area contributed by atoms with Crippen molar-refractivity contribution in [1.29, 1.82) is 0 Å². The Bertz CT molecular complexity index is 246. The SMILES string of the molecule is CC(C)CC(C)N(C)CC1(CC(=O)O)CC1. The topological polar surface area (TPSA) is 40.5 Å². The van der Waals surface area contributed by atoms with Gasteiger partial charge in [-0.3, -0.25) is 4.79 Å². The molecule has 1 aliphatic carbocycles. The Morgan fingerprint density at radius 3 is 2.31 bits per heavy atom. The molecule has 1 unspecified atom stereocenters. The number of nitrogens with zero attached hydrogens (tertiary/aromatic N) is 1. The van der Waals surface area contributed by atoms with E-state index in [0.29, 0.717) is 18.4 Å². The number of carbonyl (C=O) groups is 1. The summed E-state index contributed by atoms with van der Waals surface area (Å²) in [6.45, 7) is 7.63. The first-order valence-corrected chi connectivity index (χ1v) is 6.27. The molecule has 16 heavy (non-hydrogen) atoms. The number of aliphatic carboxylic acids is 1. The normalized spacial score (nSPS) is 20.1. The highest BCUT2D eigenvalue weighted by atomic mass is 16.4. The van der Waals surface area contributed by atoms with Gasteiger partial charge in [0.1, 0.15) is 0 Å². The average molecular weight is 227 g/mol. The van der Waals surface area contributed by atoms with Crippen molar-refractivity contribution in [2.45, 2.75) is 52.5 Å². The number of hydrogen-bond acceptors (Lipinski definition) is 2. The van der Waals surface area contributed by atoms with Crippen molar-refractivity contribution in [2.24, 2.45) is 11.3 Å². The zero-order chi connectivity index (χ0) is 12.3. The summed E-state index contributed by atoms with van der Waals surface area (Å²) in [4.78, 5) is 13.1. The van der Waals surface area contributed by atoms with Crippen LogP contribution >= 0.6 is 0 Å². The molecule has 0 bridgehead atoms. The van der Waals surface area contributed by atoms with E-state index in [2.05, 4.69) is 32.7 Å². The van der Waals surface area contributed by atoms with Crippen molar-refractivity contribution in [3.05, 3.63) is 0 Å². The summed E-state index contributed by atoms with van der Waals surface area (Å²) < 4.78 is 0. The maximum absolute atomic E-state index is 10.8. The molecule has 0 amide bonds. The fourth-order valence-corrected chi connectivity index (χ4v) is 2.44. The second-order valence-corrected chi connectivity index (χ2v) is 5.96. The summed E-state index contributed by atoms with van der Waals surface area (Å²) in [7, 11) is 2.12. The van der Waals surface area contributed by atoms with Crippen LogP contribution < -0.4 is 0 Å². The number of rotatable bonds is 7. The Hall–Kier alpha value is -0.570. The Labute approximate surface area is 98.8 Å². The molecule has 0 saturated heterocycles. The Morgan fingerprint density at radius 2 is 1.94 bits per heavy atom. The van der Waals surface area contributed by atoms with Gasteiger partial charge in [0.2, 0.25) is 0 Å². The van der Waals surface area contributed by atoms with Crippen LogP contribution in [0.5, 0.6) is 0 Å². The van der Waals surface area contributed by atoms with Gasteiger partial charge >= 0.3 is 5.97 Å². The van der Waals surface area contributed by atoms with E-state index in [1.807, 2.05) is 0 Å². The minimum atomic E-state index is -0.651. The quantitative estimate of drug-likeness (QED) is 0.727. The van der Waals surface area contributed by atoms with Crippen LogP contribution in [0.1, 0.15) is 46.5 Å². The highest BCUT2D eigenvalue weighted by molar-refractivity contribution is 5.68. The van der Waals surface area contributed by atoms with Gasteiger partial charge in [0.15, 0.2) is 0 Å². The van der Waals surface area contributed by atoms with Gasteiger partial charge < -0.3 is 10.0 Å². The monoisotopic (exact) mass is 227 g/mol. The van der Waals surface area contributed by atoms with Crippen LogP contribution in [0.2, 0.25) is 0 Å². The first-order chi connectivity index (χ1) is 7.34. The van der Waals surface area contributed by atoms with Gasteiger partial charge in [0, 0.05) is 12.6 Å². The van der Waals surface area contributed by atoms with E-state index < -0.39 is 5.97 Å². The van der Waals surface area contributed by atoms with Crippen LogP contribution in [-0.4, -0.2) is 35.6 Å². The first-order valence-electron chi connectivity index (χ1n) is 6.27. The summed E-state index contributed by atoms with van der Waals surface area (Å²) >= 11 is 0. The van der Waals surface area contributed by atoms with Gasteiger partial charge in [0.25, 0.3) is 0 Å². The third kappa shape index (κ3) is 4.12. The first kappa shape index (κ1) is 13.5. The maximum atomic E-state index is 10.8. The summed E-state index contributed by atoms with van der Waals surface area (Å²) in [5.41, 5.74) is 0.0891. The number of carboxylic acid groups (broad SMARTS) is 1. The van der Waals surface area contributed by atoms with Crippen LogP contribution in [-0.2, 0) is 4.79 Å². The van der Waals surface area contributed by atoms with Crippen molar-refractivity contribution < 1.29 is 9.90 Å². The van der Waals surface area contributed by atoms with Gasteiger partial charge in [0.05, 0.1) is 6.42 Å². The summed E-state index contributed by atoms with van der Waals surface area (Å²) in [6, 6.07) is 0.547. The van der Waals surface area contributed by atoms with E-state index in [4.69, 9.17) is 5.11 Å². The van der Waals surface area contributed by atoms with E-state index in [9.17, 15) is 4.79 Å². The summed E-state index contributed by atoms with van der Waals surface area (Å²) in [6.07, 6.45) is 3.68. The molecule has 0 spiro atoms. The Morgan fingerprint density at radius 1 is 1.38 bits per heavy atom. The van der Waals surface area contributed by atoms with E-state index in [0.717, 1.165) is 19.4 Å². The molecule has 1 saturated carbocycles. The molecule has 0 aromatic rings. The molecular formula is C13H25NO2. The average Bonchev–Trinajstić information content (AvgIpc) is 2.81. The predicted molar refractivity (Wildman–Crippen MR) is 65.5 cm³/mol.